The van der Waals surface area contributed by atoms with Crippen molar-refractivity contribution < 1.29 is 9.18 Å². The van der Waals surface area contributed by atoms with Crippen LogP contribution in [0.1, 0.15) is 86.8 Å². The van der Waals surface area contributed by atoms with Gasteiger partial charge in [0, 0.05) is 36.8 Å². The summed E-state index contributed by atoms with van der Waals surface area (Å²) in [5.41, 5.74) is 10.3. The predicted molar refractivity (Wildman–Crippen MR) is 155 cm³/mol. The van der Waals surface area contributed by atoms with Crippen LogP contribution in [0.25, 0.3) is 16.9 Å². The van der Waals surface area contributed by atoms with E-state index in [0.717, 1.165) is 68.4 Å². The quantitative estimate of drug-likeness (QED) is 0.271. The molecule has 6 nitrogen and oxygen atoms in total. The molecular formula is C32H40FN5O. The highest BCUT2D eigenvalue weighted by Gasteiger charge is 2.22. The standard InChI is InChI=1S/C32H40FN5O/c1-4-26(35)10-8-9-22(2)17-32(39)29-20-31(24-11-12-25(21-34)23(3)18-24)38(36-29)30-14-13-27(19-28(30)33)37-15-6-5-7-16-37/h11-14,18-20,22,26H,4-10,15-17,35H2,1-3H3/t22?,26-/m0/s1. The Bertz CT molecular complexity index is 1330. The molecular weight excluding hydrogens is 489 g/mol. The zero-order valence-electron chi connectivity index (χ0n) is 23.4. The van der Waals surface area contributed by atoms with Gasteiger partial charge in [0.2, 0.25) is 0 Å². The maximum atomic E-state index is 15.6. The fourth-order valence-electron chi connectivity index (χ4n) is 5.33. The van der Waals surface area contributed by atoms with E-state index in [1.807, 2.05) is 25.1 Å². The molecule has 2 heterocycles. The lowest BCUT2D eigenvalue weighted by Gasteiger charge is -2.29. The highest BCUT2D eigenvalue weighted by molar-refractivity contribution is 5.95. The number of carbonyl (C=O) groups is 1. The van der Waals surface area contributed by atoms with Gasteiger partial charge < -0.3 is 10.6 Å². The minimum Gasteiger partial charge on any atom is -0.371 e. The maximum Gasteiger partial charge on any atom is 0.183 e. The molecule has 1 aromatic heterocycles. The monoisotopic (exact) mass is 529 g/mol. The van der Waals surface area contributed by atoms with Crippen molar-refractivity contribution in [1.82, 2.24) is 9.78 Å². The summed E-state index contributed by atoms with van der Waals surface area (Å²) in [6.45, 7) is 7.89. The lowest BCUT2D eigenvalue weighted by atomic mass is 9.95. The van der Waals surface area contributed by atoms with E-state index in [0.29, 0.717) is 29.1 Å². The number of aryl methyl sites for hydroxylation is 1. The first-order chi connectivity index (χ1) is 18.8. The highest BCUT2D eigenvalue weighted by Crippen LogP contribution is 2.30. The van der Waals surface area contributed by atoms with Crippen molar-refractivity contribution in [2.45, 2.75) is 78.2 Å². The second-order valence-electron chi connectivity index (χ2n) is 11.0. The topological polar surface area (TPSA) is 87.9 Å². The number of halogens is 1. The third-order valence-corrected chi connectivity index (χ3v) is 7.85. The van der Waals surface area contributed by atoms with E-state index in [2.05, 4.69) is 29.9 Å². The van der Waals surface area contributed by atoms with E-state index in [-0.39, 0.29) is 23.6 Å². The van der Waals surface area contributed by atoms with Crippen molar-refractivity contribution in [3.05, 3.63) is 65.1 Å². The van der Waals surface area contributed by atoms with Gasteiger partial charge in [-0.2, -0.15) is 10.4 Å². The summed E-state index contributed by atoms with van der Waals surface area (Å²) in [6.07, 6.45) is 7.63. The van der Waals surface area contributed by atoms with Gasteiger partial charge in [-0.25, -0.2) is 9.07 Å². The number of hydrogen-bond donors (Lipinski definition) is 1. The largest absolute Gasteiger partial charge is 0.371 e. The molecule has 1 fully saturated rings. The first-order valence-corrected chi connectivity index (χ1v) is 14.3. The van der Waals surface area contributed by atoms with Gasteiger partial charge in [0.25, 0.3) is 0 Å². The van der Waals surface area contributed by atoms with Crippen molar-refractivity contribution in [2.75, 3.05) is 18.0 Å². The predicted octanol–water partition coefficient (Wildman–Crippen LogP) is 6.97. The summed E-state index contributed by atoms with van der Waals surface area (Å²) in [5, 5.41) is 14.0. The van der Waals surface area contributed by atoms with Crippen LogP contribution in [0.3, 0.4) is 0 Å². The summed E-state index contributed by atoms with van der Waals surface area (Å²) >= 11 is 0. The Balaban J connectivity index is 1.64. The maximum absolute atomic E-state index is 15.6. The number of hydrogen-bond acceptors (Lipinski definition) is 5. The number of Topliss-reactive ketones (excluding diaryl/α,β-unsaturated/α-hetero) is 1. The first-order valence-electron chi connectivity index (χ1n) is 14.3. The van der Waals surface area contributed by atoms with Crippen LogP contribution in [-0.2, 0) is 0 Å². The third kappa shape index (κ3) is 6.93. The number of carbonyl (C=O) groups excluding carboxylic acids is 1. The van der Waals surface area contributed by atoms with Crippen molar-refractivity contribution in [3.8, 4) is 23.0 Å². The van der Waals surface area contributed by atoms with Gasteiger partial charge >= 0.3 is 0 Å². The van der Waals surface area contributed by atoms with E-state index < -0.39 is 0 Å². The number of anilines is 1. The Labute approximate surface area is 231 Å². The molecule has 0 aliphatic carbocycles. The lowest BCUT2D eigenvalue weighted by Crippen LogP contribution is -2.29. The number of piperidine rings is 1. The van der Waals surface area contributed by atoms with Gasteiger partial charge in [-0.05, 0) is 86.9 Å². The lowest BCUT2D eigenvalue weighted by molar-refractivity contribution is 0.0956. The summed E-state index contributed by atoms with van der Waals surface area (Å²) in [4.78, 5) is 15.5. The zero-order valence-corrected chi connectivity index (χ0v) is 23.4. The molecule has 0 radical (unpaired) electrons. The van der Waals surface area contributed by atoms with Crippen molar-refractivity contribution in [2.24, 2.45) is 11.7 Å². The van der Waals surface area contributed by atoms with Gasteiger partial charge in [0.1, 0.15) is 11.4 Å². The number of nitrogens with two attached hydrogens (primary N) is 1. The van der Waals surface area contributed by atoms with Gasteiger partial charge in [0.15, 0.2) is 11.6 Å². The first kappa shape index (κ1) is 28.5. The molecule has 0 spiro atoms. The Hall–Kier alpha value is -3.50. The molecule has 2 aromatic carbocycles. The van der Waals surface area contributed by atoms with E-state index in [1.165, 1.54) is 11.1 Å². The third-order valence-electron chi connectivity index (χ3n) is 7.85. The van der Waals surface area contributed by atoms with Crippen molar-refractivity contribution in [1.29, 1.82) is 5.26 Å². The van der Waals surface area contributed by atoms with E-state index in [4.69, 9.17) is 5.73 Å². The summed E-state index contributed by atoms with van der Waals surface area (Å²) < 4.78 is 17.1. The SMILES string of the molecule is CC[C@H](N)CCCC(C)CC(=O)c1cc(-c2ccc(C#N)c(C)c2)n(-c2ccc(N3CCCCC3)cc2F)n1. The molecule has 2 atom stereocenters. The van der Waals surface area contributed by atoms with Crippen molar-refractivity contribution in [3.63, 3.8) is 0 Å². The highest BCUT2D eigenvalue weighted by atomic mass is 19.1. The van der Waals surface area contributed by atoms with Crippen molar-refractivity contribution >= 4 is 11.5 Å². The summed E-state index contributed by atoms with van der Waals surface area (Å²) in [6, 6.07) is 14.9. The number of aromatic nitrogens is 2. The fraction of sp³-hybridized carbons (Fsp3) is 0.469. The van der Waals surface area contributed by atoms with Crippen LogP contribution in [-0.4, -0.2) is 34.7 Å². The molecule has 4 rings (SSSR count). The molecule has 7 heteroatoms. The average Bonchev–Trinajstić information content (AvgIpc) is 3.38. The van der Waals surface area contributed by atoms with Crippen LogP contribution in [0.2, 0.25) is 0 Å². The van der Waals surface area contributed by atoms with Crippen LogP contribution in [0.4, 0.5) is 10.1 Å². The summed E-state index contributed by atoms with van der Waals surface area (Å²) in [5.74, 6) is -0.238. The Morgan fingerprint density at radius 1 is 1.13 bits per heavy atom. The molecule has 0 saturated carbocycles. The average molecular weight is 530 g/mol. The molecule has 1 saturated heterocycles. The Kier molecular flexibility index (Phi) is 9.53. The normalized spacial score (nSPS) is 15.1. The number of nitrogens with zero attached hydrogens (tertiary/aromatic N) is 4. The summed E-state index contributed by atoms with van der Waals surface area (Å²) in [7, 11) is 0. The van der Waals surface area contributed by atoms with Gasteiger partial charge in [-0.3, -0.25) is 4.79 Å². The molecule has 2 N–H and O–H groups in total. The number of benzene rings is 2. The molecule has 0 bridgehead atoms. The van der Waals surface area contributed by atoms with Crippen LogP contribution in [0.15, 0.2) is 42.5 Å². The molecule has 0 amide bonds. The van der Waals surface area contributed by atoms with E-state index >= 15 is 4.39 Å². The number of rotatable bonds is 11. The van der Waals surface area contributed by atoms with E-state index in [9.17, 15) is 10.1 Å². The zero-order chi connectivity index (χ0) is 27.9. The molecule has 39 heavy (non-hydrogen) atoms. The smallest absolute Gasteiger partial charge is 0.183 e. The van der Waals surface area contributed by atoms with Gasteiger partial charge in [-0.15, -0.1) is 0 Å². The Morgan fingerprint density at radius 3 is 2.56 bits per heavy atom. The number of nitriles is 1. The molecule has 1 aliphatic heterocycles. The second kappa shape index (κ2) is 13.0. The molecule has 3 aromatic rings. The van der Waals surface area contributed by atoms with Gasteiger partial charge in [0.05, 0.1) is 17.3 Å². The van der Waals surface area contributed by atoms with Crippen LogP contribution in [0, 0.1) is 30.0 Å². The fourth-order valence-corrected chi connectivity index (χ4v) is 5.33. The number of ketones is 1. The van der Waals surface area contributed by atoms with Crippen LogP contribution >= 0.6 is 0 Å². The minimum absolute atomic E-state index is 0.0574. The van der Waals surface area contributed by atoms with E-state index in [1.54, 1.807) is 24.3 Å². The molecule has 206 valence electrons. The minimum atomic E-state index is -0.382. The van der Waals surface area contributed by atoms with Crippen LogP contribution in [0.5, 0.6) is 0 Å². The molecule has 1 unspecified atom stereocenters. The Morgan fingerprint density at radius 2 is 1.90 bits per heavy atom. The second-order valence-corrected chi connectivity index (χ2v) is 11.0. The van der Waals surface area contributed by atoms with Crippen LogP contribution < -0.4 is 10.6 Å². The van der Waals surface area contributed by atoms with Gasteiger partial charge in [-0.1, -0.05) is 32.8 Å². The molecule has 1 aliphatic rings.